The fourth-order valence-corrected chi connectivity index (χ4v) is 6.06. The first kappa shape index (κ1) is 26.6. The summed E-state index contributed by atoms with van der Waals surface area (Å²) < 4.78 is 0.672. The summed E-state index contributed by atoms with van der Waals surface area (Å²) in [5.41, 5.74) is 1.50. The molecule has 5 nitrogen and oxygen atoms in total. The molecule has 188 valence electrons. The number of pyridine rings is 1. The SMILES string of the molecule is CCC(c1cccc(Br)n1)N1C(=O)[C@@](C)(CC(=O)O)C[C@H](c2cccc(Cl)c2)[C@H]1c1ccc(Cl)cc1. The monoisotopic (exact) mass is 588 g/mol. The van der Waals surface area contributed by atoms with Crippen molar-refractivity contribution in [2.45, 2.75) is 51.1 Å². The number of piperidine rings is 1. The number of hydrogen-bond donors (Lipinski definition) is 1. The number of hydrogen-bond acceptors (Lipinski definition) is 3. The van der Waals surface area contributed by atoms with E-state index in [1.807, 2.05) is 78.6 Å². The fourth-order valence-electron chi connectivity index (χ4n) is 5.38. The predicted octanol–water partition coefficient (Wildman–Crippen LogP) is 7.84. The van der Waals surface area contributed by atoms with Gasteiger partial charge in [-0.25, -0.2) is 4.98 Å². The number of carboxylic acid groups (broad SMARTS) is 1. The van der Waals surface area contributed by atoms with Gasteiger partial charge in [-0.15, -0.1) is 0 Å². The van der Waals surface area contributed by atoms with Gasteiger partial charge >= 0.3 is 5.97 Å². The average Bonchev–Trinajstić information content (AvgIpc) is 2.82. The molecule has 8 heteroatoms. The van der Waals surface area contributed by atoms with E-state index in [2.05, 4.69) is 20.9 Å². The third-order valence-corrected chi connectivity index (χ3v) is 7.86. The summed E-state index contributed by atoms with van der Waals surface area (Å²) in [5.74, 6) is -1.40. The molecule has 1 unspecified atom stereocenters. The van der Waals surface area contributed by atoms with E-state index in [9.17, 15) is 14.7 Å². The predicted molar refractivity (Wildman–Crippen MR) is 145 cm³/mol. The Balaban J connectivity index is 1.96. The molecule has 1 saturated heterocycles. The van der Waals surface area contributed by atoms with Crippen molar-refractivity contribution in [1.29, 1.82) is 0 Å². The molecule has 1 aromatic heterocycles. The van der Waals surface area contributed by atoms with Gasteiger partial charge in [-0.3, -0.25) is 9.59 Å². The summed E-state index contributed by atoms with van der Waals surface area (Å²) >= 11 is 16.1. The molecule has 0 spiro atoms. The Bertz CT molecular complexity index is 1270. The molecular formula is C28H27BrCl2N2O3. The molecule has 1 amide bonds. The Morgan fingerprint density at radius 1 is 1.11 bits per heavy atom. The molecule has 2 heterocycles. The normalized spacial score (nSPS) is 22.9. The lowest BCUT2D eigenvalue weighted by atomic mass is 9.67. The lowest BCUT2D eigenvalue weighted by Crippen LogP contribution is -2.53. The van der Waals surface area contributed by atoms with Gasteiger partial charge in [-0.1, -0.05) is 67.4 Å². The molecule has 0 saturated carbocycles. The highest BCUT2D eigenvalue weighted by Gasteiger charge is 2.52. The standard InChI is InChI=1S/C28H27BrCl2N2O3/c1-3-23(22-8-5-9-24(29)32-22)33-26(17-10-12-19(30)13-11-17)21(18-6-4-7-20(31)14-18)15-28(2,27(33)36)16-25(34)35/h4-14,21,23,26H,3,15-16H2,1-2H3,(H,34,35)/t21-,23?,26-,28-/m1/s1. The van der Waals surface area contributed by atoms with Gasteiger partial charge in [0.25, 0.3) is 0 Å². The Morgan fingerprint density at radius 2 is 1.81 bits per heavy atom. The van der Waals surface area contributed by atoms with Crippen LogP contribution >= 0.6 is 39.1 Å². The van der Waals surface area contributed by atoms with Gasteiger partial charge < -0.3 is 10.0 Å². The molecule has 4 rings (SSSR count). The highest BCUT2D eigenvalue weighted by atomic mass is 79.9. The van der Waals surface area contributed by atoms with E-state index in [1.165, 1.54) is 0 Å². The minimum Gasteiger partial charge on any atom is -0.481 e. The van der Waals surface area contributed by atoms with Crippen LogP contribution in [0.4, 0.5) is 0 Å². The van der Waals surface area contributed by atoms with Gasteiger partial charge in [-0.2, -0.15) is 0 Å². The Hall–Kier alpha value is -2.41. The molecule has 0 radical (unpaired) electrons. The number of aliphatic carboxylic acids is 1. The molecule has 36 heavy (non-hydrogen) atoms. The van der Waals surface area contributed by atoms with Crippen LogP contribution in [0.3, 0.4) is 0 Å². The van der Waals surface area contributed by atoms with E-state index in [-0.39, 0.29) is 30.3 Å². The van der Waals surface area contributed by atoms with Gasteiger partial charge in [0.05, 0.1) is 29.6 Å². The zero-order valence-corrected chi connectivity index (χ0v) is 23.1. The van der Waals surface area contributed by atoms with E-state index in [0.29, 0.717) is 27.5 Å². The number of benzene rings is 2. The fraction of sp³-hybridized carbons (Fsp3) is 0.321. The number of carboxylic acids is 1. The maximum Gasteiger partial charge on any atom is 0.304 e. The van der Waals surface area contributed by atoms with E-state index in [1.54, 1.807) is 6.92 Å². The summed E-state index contributed by atoms with van der Waals surface area (Å²) in [6, 6.07) is 20.0. The van der Waals surface area contributed by atoms with Gasteiger partial charge in [0.2, 0.25) is 5.91 Å². The number of aromatic nitrogens is 1. The number of likely N-dealkylation sites (tertiary alicyclic amines) is 1. The first-order chi connectivity index (χ1) is 17.1. The minimum absolute atomic E-state index is 0.197. The van der Waals surface area contributed by atoms with Gasteiger partial charge in [0.1, 0.15) is 4.60 Å². The molecule has 3 aromatic rings. The third kappa shape index (κ3) is 5.46. The van der Waals surface area contributed by atoms with Crippen LogP contribution in [0.2, 0.25) is 10.0 Å². The van der Waals surface area contributed by atoms with Crippen LogP contribution in [0.1, 0.15) is 67.9 Å². The van der Waals surface area contributed by atoms with E-state index in [0.717, 1.165) is 16.8 Å². The number of carbonyl (C=O) groups excluding carboxylic acids is 1. The number of amides is 1. The lowest BCUT2D eigenvalue weighted by Gasteiger charge is -2.51. The molecular weight excluding hydrogens is 563 g/mol. The van der Waals surface area contributed by atoms with Crippen molar-refractivity contribution in [2.75, 3.05) is 0 Å². The maximum atomic E-state index is 14.3. The van der Waals surface area contributed by atoms with Gasteiger partial charge in [0, 0.05) is 16.0 Å². The Morgan fingerprint density at radius 3 is 2.42 bits per heavy atom. The minimum atomic E-state index is -1.11. The summed E-state index contributed by atoms with van der Waals surface area (Å²) in [4.78, 5) is 32.8. The zero-order chi connectivity index (χ0) is 26.0. The number of nitrogens with zero attached hydrogens (tertiary/aromatic N) is 2. The first-order valence-electron chi connectivity index (χ1n) is 11.8. The molecule has 1 N–H and O–H groups in total. The van der Waals surface area contributed by atoms with Crippen LogP contribution in [-0.4, -0.2) is 26.9 Å². The van der Waals surface area contributed by atoms with Crippen LogP contribution in [-0.2, 0) is 9.59 Å². The highest BCUT2D eigenvalue weighted by molar-refractivity contribution is 9.10. The zero-order valence-electron chi connectivity index (χ0n) is 20.0. The van der Waals surface area contributed by atoms with Crippen molar-refractivity contribution >= 4 is 51.0 Å². The van der Waals surface area contributed by atoms with Crippen LogP contribution < -0.4 is 0 Å². The largest absolute Gasteiger partial charge is 0.481 e. The van der Waals surface area contributed by atoms with Gasteiger partial charge in [-0.05, 0) is 76.3 Å². The smallest absolute Gasteiger partial charge is 0.304 e. The number of halogens is 3. The highest BCUT2D eigenvalue weighted by Crippen LogP contribution is 2.54. The van der Waals surface area contributed by atoms with Crippen molar-refractivity contribution in [1.82, 2.24) is 9.88 Å². The lowest BCUT2D eigenvalue weighted by molar-refractivity contribution is -0.161. The quantitative estimate of drug-likeness (QED) is 0.285. The second-order valence-corrected chi connectivity index (χ2v) is 11.2. The van der Waals surface area contributed by atoms with Crippen LogP contribution in [0.15, 0.2) is 71.3 Å². The maximum absolute atomic E-state index is 14.3. The molecule has 1 aliphatic rings. The summed E-state index contributed by atoms with van der Waals surface area (Å²) in [5, 5.41) is 11.0. The Kier molecular flexibility index (Phi) is 8.08. The second kappa shape index (κ2) is 10.9. The van der Waals surface area contributed by atoms with E-state index >= 15 is 0 Å². The van der Waals surface area contributed by atoms with Crippen LogP contribution in [0, 0.1) is 5.41 Å². The molecule has 1 fully saturated rings. The second-order valence-electron chi connectivity index (χ2n) is 9.51. The molecule has 4 atom stereocenters. The van der Waals surface area contributed by atoms with E-state index < -0.39 is 11.4 Å². The van der Waals surface area contributed by atoms with Crippen LogP contribution in [0.25, 0.3) is 0 Å². The third-order valence-electron chi connectivity index (χ3n) is 6.93. The van der Waals surface area contributed by atoms with Crippen molar-refractivity contribution < 1.29 is 14.7 Å². The summed E-state index contributed by atoms with van der Waals surface area (Å²) in [6.07, 6.45) is 0.699. The Labute approximate surface area is 229 Å². The first-order valence-corrected chi connectivity index (χ1v) is 13.4. The molecule has 1 aliphatic heterocycles. The topological polar surface area (TPSA) is 70.5 Å². The van der Waals surface area contributed by atoms with Crippen LogP contribution in [0.5, 0.6) is 0 Å². The summed E-state index contributed by atoms with van der Waals surface area (Å²) in [7, 11) is 0. The number of carbonyl (C=O) groups is 2. The average molecular weight is 590 g/mol. The van der Waals surface area contributed by atoms with Crippen molar-refractivity contribution in [3.63, 3.8) is 0 Å². The van der Waals surface area contributed by atoms with Crippen molar-refractivity contribution in [3.8, 4) is 0 Å². The van der Waals surface area contributed by atoms with Crippen molar-refractivity contribution in [2.24, 2.45) is 5.41 Å². The molecule has 0 bridgehead atoms. The van der Waals surface area contributed by atoms with Gasteiger partial charge in [0.15, 0.2) is 0 Å². The molecule has 0 aliphatic carbocycles. The summed E-state index contributed by atoms with van der Waals surface area (Å²) in [6.45, 7) is 3.77. The van der Waals surface area contributed by atoms with Crippen molar-refractivity contribution in [3.05, 3.63) is 98.2 Å². The van der Waals surface area contributed by atoms with E-state index in [4.69, 9.17) is 23.2 Å². The molecule has 2 aromatic carbocycles. The number of rotatable bonds is 7.